The lowest BCUT2D eigenvalue weighted by Gasteiger charge is -2.08. The van der Waals surface area contributed by atoms with E-state index in [1.54, 1.807) is 12.1 Å². The van der Waals surface area contributed by atoms with Crippen LogP contribution in [0.3, 0.4) is 0 Å². The Hall–Kier alpha value is -2.25. The van der Waals surface area contributed by atoms with E-state index in [0.29, 0.717) is 28.5 Å². The Kier molecular flexibility index (Phi) is 4.03. The van der Waals surface area contributed by atoms with E-state index in [4.69, 9.17) is 13.9 Å². The average molecular weight is 346 g/mol. The molecule has 1 aliphatic heterocycles. The van der Waals surface area contributed by atoms with Gasteiger partial charge in [-0.1, -0.05) is 18.3 Å². The van der Waals surface area contributed by atoms with Gasteiger partial charge in [0.15, 0.2) is 5.06 Å². The van der Waals surface area contributed by atoms with Crippen molar-refractivity contribution in [2.75, 3.05) is 6.61 Å². The highest BCUT2D eigenvalue weighted by Gasteiger charge is 2.31. The van der Waals surface area contributed by atoms with Crippen LogP contribution < -0.4 is 4.74 Å². The molecule has 1 saturated heterocycles. The maximum atomic E-state index is 12.9. The van der Waals surface area contributed by atoms with Crippen molar-refractivity contribution in [1.29, 1.82) is 0 Å². The maximum absolute atomic E-state index is 12.9. The van der Waals surface area contributed by atoms with Gasteiger partial charge < -0.3 is 13.9 Å². The van der Waals surface area contributed by atoms with E-state index in [1.807, 2.05) is 12.1 Å². The zero-order valence-corrected chi connectivity index (χ0v) is 13.8. The molecular weight excluding hydrogens is 331 g/mol. The normalized spacial score (nSPS) is 20.4. The van der Waals surface area contributed by atoms with Crippen molar-refractivity contribution in [2.24, 2.45) is 5.92 Å². The first-order valence-corrected chi connectivity index (χ1v) is 8.49. The molecule has 3 aromatic rings. The molecule has 1 aliphatic rings. The second kappa shape index (κ2) is 6.33. The number of hydrogen-bond donors (Lipinski definition) is 0. The molecule has 1 fully saturated rings. The van der Waals surface area contributed by atoms with Gasteiger partial charge in [-0.25, -0.2) is 4.39 Å². The van der Waals surface area contributed by atoms with Crippen LogP contribution in [0, 0.1) is 11.7 Å². The largest absolute Gasteiger partial charge is 0.447 e. The fraction of sp³-hybridized carbons (Fsp3) is 0.294. The molecule has 124 valence electrons. The molecule has 0 amide bonds. The summed E-state index contributed by atoms with van der Waals surface area (Å²) in [5, 5.41) is 8.88. The van der Waals surface area contributed by atoms with Gasteiger partial charge in [0.2, 0.25) is 5.89 Å². The summed E-state index contributed by atoms with van der Waals surface area (Å²) >= 11 is 1.39. The molecule has 0 unspecified atom stereocenters. The number of benzene rings is 1. The number of thiophene rings is 1. The van der Waals surface area contributed by atoms with Gasteiger partial charge in [0.1, 0.15) is 17.7 Å². The van der Waals surface area contributed by atoms with E-state index in [1.165, 1.54) is 23.5 Å². The van der Waals surface area contributed by atoms with Crippen LogP contribution >= 0.6 is 11.3 Å². The van der Waals surface area contributed by atoms with Crippen molar-refractivity contribution in [2.45, 2.75) is 19.4 Å². The van der Waals surface area contributed by atoms with Gasteiger partial charge in [-0.3, -0.25) is 0 Å². The molecule has 0 N–H and O–H groups in total. The number of hydrogen-bond acceptors (Lipinski definition) is 6. The molecule has 24 heavy (non-hydrogen) atoms. The first-order valence-electron chi connectivity index (χ1n) is 7.67. The summed E-state index contributed by atoms with van der Waals surface area (Å²) in [7, 11) is 0. The maximum Gasteiger partial charge on any atom is 0.258 e. The smallest absolute Gasteiger partial charge is 0.258 e. The molecule has 5 nitrogen and oxygen atoms in total. The SMILES string of the molecule is C[C@@H]1CCO[C@@H]1c1nnc(-c2ccc(Oc3ccc(F)cc3)s2)o1. The minimum absolute atomic E-state index is 0.124. The fourth-order valence-corrected chi connectivity index (χ4v) is 3.37. The van der Waals surface area contributed by atoms with Crippen LogP contribution in [0.5, 0.6) is 10.8 Å². The summed E-state index contributed by atoms with van der Waals surface area (Å²) in [4.78, 5) is 0.816. The average Bonchev–Trinajstić information content (AvgIpc) is 3.29. The Morgan fingerprint density at radius 2 is 2.00 bits per heavy atom. The second-order valence-corrected chi connectivity index (χ2v) is 6.72. The topological polar surface area (TPSA) is 57.4 Å². The summed E-state index contributed by atoms with van der Waals surface area (Å²) in [6.07, 6.45) is 0.873. The van der Waals surface area contributed by atoms with Crippen LogP contribution in [0.25, 0.3) is 10.8 Å². The van der Waals surface area contributed by atoms with Crippen molar-refractivity contribution in [1.82, 2.24) is 10.2 Å². The van der Waals surface area contributed by atoms with Gasteiger partial charge in [-0.2, -0.15) is 0 Å². The summed E-state index contributed by atoms with van der Waals surface area (Å²) in [6.45, 7) is 2.83. The summed E-state index contributed by atoms with van der Waals surface area (Å²) in [6, 6.07) is 9.56. The van der Waals surface area contributed by atoms with E-state index < -0.39 is 0 Å². The van der Waals surface area contributed by atoms with Crippen molar-refractivity contribution >= 4 is 11.3 Å². The first kappa shape index (κ1) is 15.3. The number of nitrogens with zero attached hydrogens (tertiary/aromatic N) is 2. The van der Waals surface area contributed by atoms with Gasteiger partial charge in [-0.05, 0) is 48.7 Å². The highest BCUT2D eigenvalue weighted by Crippen LogP contribution is 2.38. The number of rotatable bonds is 4. The minimum atomic E-state index is -0.295. The third-order valence-corrected chi connectivity index (χ3v) is 4.85. The third kappa shape index (κ3) is 3.05. The Morgan fingerprint density at radius 3 is 2.75 bits per heavy atom. The standard InChI is InChI=1S/C17H15FN2O3S/c1-10-8-9-21-15(10)17-20-19-16(23-17)13-6-7-14(24-13)22-12-4-2-11(18)3-5-12/h2-7,10,15H,8-9H2,1H3/t10-,15+/m1/s1. The fourth-order valence-electron chi connectivity index (χ4n) is 2.57. The molecular formula is C17H15FN2O3S. The number of halogens is 1. The van der Waals surface area contributed by atoms with Crippen LogP contribution in [0.15, 0.2) is 40.8 Å². The zero-order valence-electron chi connectivity index (χ0n) is 12.9. The Bertz CT molecular complexity index is 830. The molecule has 0 bridgehead atoms. The molecule has 3 heterocycles. The van der Waals surface area contributed by atoms with E-state index in [0.717, 1.165) is 17.9 Å². The van der Waals surface area contributed by atoms with Crippen molar-refractivity contribution < 1.29 is 18.3 Å². The van der Waals surface area contributed by atoms with E-state index in [9.17, 15) is 4.39 Å². The monoisotopic (exact) mass is 346 g/mol. The van der Waals surface area contributed by atoms with Gasteiger partial charge >= 0.3 is 0 Å². The van der Waals surface area contributed by atoms with E-state index in [-0.39, 0.29) is 11.9 Å². The van der Waals surface area contributed by atoms with Crippen LogP contribution in [0.1, 0.15) is 25.3 Å². The van der Waals surface area contributed by atoms with Gasteiger partial charge in [0, 0.05) is 6.61 Å². The Morgan fingerprint density at radius 1 is 1.17 bits per heavy atom. The molecule has 2 atom stereocenters. The van der Waals surface area contributed by atoms with Crippen LogP contribution in [0.4, 0.5) is 4.39 Å². The zero-order chi connectivity index (χ0) is 16.5. The predicted molar refractivity (Wildman–Crippen MR) is 86.6 cm³/mol. The molecule has 7 heteroatoms. The summed E-state index contributed by atoms with van der Waals surface area (Å²) in [5.74, 6) is 1.62. The summed E-state index contributed by atoms with van der Waals surface area (Å²) < 4.78 is 30.0. The van der Waals surface area contributed by atoms with Crippen LogP contribution in [-0.4, -0.2) is 16.8 Å². The number of ether oxygens (including phenoxy) is 2. The lowest BCUT2D eigenvalue weighted by molar-refractivity contribution is 0.0719. The van der Waals surface area contributed by atoms with Crippen molar-refractivity contribution in [3.8, 4) is 21.6 Å². The third-order valence-electron chi connectivity index (χ3n) is 3.90. The predicted octanol–water partition coefficient (Wildman–Crippen LogP) is 4.83. The van der Waals surface area contributed by atoms with E-state index in [2.05, 4.69) is 17.1 Å². The molecule has 2 aromatic heterocycles. The van der Waals surface area contributed by atoms with Crippen LogP contribution in [0.2, 0.25) is 0 Å². The molecule has 4 rings (SSSR count). The quantitative estimate of drug-likeness (QED) is 0.677. The Labute approximate surface area is 142 Å². The molecule has 0 radical (unpaired) electrons. The Balaban J connectivity index is 1.50. The lowest BCUT2D eigenvalue weighted by Crippen LogP contribution is -2.03. The molecule has 1 aromatic carbocycles. The van der Waals surface area contributed by atoms with Gasteiger partial charge in [-0.15, -0.1) is 10.2 Å². The highest BCUT2D eigenvalue weighted by molar-refractivity contribution is 7.17. The van der Waals surface area contributed by atoms with E-state index >= 15 is 0 Å². The van der Waals surface area contributed by atoms with Crippen molar-refractivity contribution in [3.05, 3.63) is 48.1 Å². The van der Waals surface area contributed by atoms with Crippen LogP contribution in [-0.2, 0) is 4.74 Å². The lowest BCUT2D eigenvalue weighted by atomic mass is 10.0. The second-order valence-electron chi connectivity index (χ2n) is 5.68. The molecule has 0 saturated carbocycles. The van der Waals surface area contributed by atoms with Gasteiger partial charge in [0.25, 0.3) is 5.89 Å². The highest BCUT2D eigenvalue weighted by atomic mass is 32.1. The molecule has 0 spiro atoms. The minimum Gasteiger partial charge on any atom is -0.447 e. The van der Waals surface area contributed by atoms with Crippen molar-refractivity contribution in [3.63, 3.8) is 0 Å². The van der Waals surface area contributed by atoms with Gasteiger partial charge in [0.05, 0.1) is 4.88 Å². The number of aromatic nitrogens is 2. The first-order chi connectivity index (χ1) is 11.7. The molecule has 0 aliphatic carbocycles. The summed E-state index contributed by atoms with van der Waals surface area (Å²) in [5.41, 5.74) is 0.